The maximum Gasteiger partial charge on any atom is 0.235 e. The minimum absolute atomic E-state index is 0.0474. The van der Waals surface area contributed by atoms with Gasteiger partial charge in [0, 0.05) is 58.8 Å². The highest BCUT2D eigenvalue weighted by molar-refractivity contribution is 7.99. The highest BCUT2D eigenvalue weighted by atomic mass is 32.2. The number of para-hydroxylation sites is 1. The van der Waals surface area contributed by atoms with Gasteiger partial charge < -0.3 is 4.57 Å². The van der Waals surface area contributed by atoms with Gasteiger partial charge in [0.15, 0.2) is 0 Å². The van der Waals surface area contributed by atoms with Gasteiger partial charge in [-0.25, -0.2) is 9.97 Å². The highest BCUT2D eigenvalue weighted by Gasteiger charge is 2.35. The molecule has 0 unspecified atom stereocenters. The summed E-state index contributed by atoms with van der Waals surface area (Å²) in [5, 5.41) is 8.46. The van der Waals surface area contributed by atoms with Crippen molar-refractivity contribution in [1.82, 2.24) is 19.1 Å². The zero-order valence-electron chi connectivity index (χ0n) is 34.0. The van der Waals surface area contributed by atoms with Gasteiger partial charge >= 0.3 is 0 Å². The molecule has 14 rings (SSSR count). The molecule has 4 heterocycles. The van der Waals surface area contributed by atoms with E-state index in [1.807, 2.05) is 0 Å². The Morgan fingerprint density at radius 3 is 2.00 bits per heavy atom. The van der Waals surface area contributed by atoms with Gasteiger partial charge in [0.1, 0.15) is 0 Å². The molecule has 0 spiro atoms. The van der Waals surface area contributed by atoms with E-state index in [0.29, 0.717) is 5.95 Å². The third kappa shape index (κ3) is 4.58. The molecule has 0 N–H and O–H groups in total. The first-order valence-corrected chi connectivity index (χ1v) is 22.1. The molecule has 0 saturated carbocycles. The predicted molar refractivity (Wildman–Crippen MR) is 258 cm³/mol. The summed E-state index contributed by atoms with van der Waals surface area (Å²) in [6.07, 6.45) is 0. The lowest BCUT2D eigenvalue weighted by Gasteiger charge is -2.21. The van der Waals surface area contributed by atoms with Crippen molar-refractivity contribution >= 4 is 77.0 Å². The minimum atomic E-state index is -0.0474. The highest BCUT2D eigenvalue weighted by Crippen LogP contribution is 2.50. The summed E-state index contributed by atoms with van der Waals surface area (Å²) in [4.78, 5) is 13.1. The monoisotopic (exact) mass is 808 g/mol. The van der Waals surface area contributed by atoms with Crippen molar-refractivity contribution in [3.05, 3.63) is 193 Å². The molecule has 290 valence electrons. The molecule has 9 aromatic carbocycles. The third-order valence-corrected chi connectivity index (χ3v) is 14.9. The van der Waals surface area contributed by atoms with Crippen LogP contribution in [0.4, 0.5) is 0 Å². The van der Waals surface area contributed by atoms with E-state index in [0.717, 1.165) is 33.2 Å². The van der Waals surface area contributed by atoms with Gasteiger partial charge in [-0.15, -0.1) is 0 Å². The molecule has 0 saturated heterocycles. The summed E-state index contributed by atoms with van der Waals surface area (Å²) in [7, 11) is 0. The molecule has 5 heteroatoms. The molecule has 1 aliphatic heterocycles. The van der Waals surface area contributed by atoms with Crippen LogP contribution in [-0.2, 0) is 5.41 Å². The molecule has 0 radical (unpaired) electrons. The van der Waals surface area contributed by atoms with Crippen molar-refractivity contribution in [3.63, 3.8) is 0 Å². The largest absolute Gasteiger partial charge is 0.309 e. The van der Waals surface area contributed by atoms with Crippen LogP contribution in [0.15, 0.2) is 192 Å². The van der Waals surface area contributed by atoms with Gasteiger partial charge in [-0.05, 0) is 99.4 Å². The maximum absolute atomic E-state index is 5.38. The van der Waals surface area contributed by atoms with E-state index in [1.54, 1.807) is 11.8 Å². The molecule has 0 bridgehead atoms. The molecule has 4 nitrogen and oxygen atoms in total. The van der Waals surface area contributed by atoms with Gasteiger partial charge in [-0.2, -0.15) is 0 Å². The first kappa shape index (κ1) is 34.3. The number of benzene rings is 9. The van der Waals surface area contributed by atoms with Crippen LogP contribution in [0.2, 0.25) is 0 Å². The van der Waals surface area contributed by atoms with Crippen LogP contribution in [0, 0.1) is 0 Å². The fourth-order valence-corrected chi connectivity index (χ4v) is 11.9. The second-order valence-electron chi connectivity index (χ2n) is 17.4. The van der Waals surface area contributed by atoms with Crippen molar-refractivity contribution in [3.8, 4) is 45.1 Å². The molecule has 62 heavy (non-hydrogen) atoms. The fourth-order valence-electron chi connectivity index (χ4n) is 10.8. The predicted octanol–water partition coefficient (Wildman–Crippen LogP) is 15.1. The lowest BCUT2D eigenvalue weighted by atomic mass is 9.82. The summed E-state index contributed by atoms with van der Waals surface area (Å²) >= 11 is 1.80. The Morgan fingerprint density at radius 1 is 0.452 bits per heavy atom. The molecule has 0 amide bonds. The van der Waals surface area contributed by atoms with Crippen molar-refractivity contribution in [2.45, 2.75) is 29.1 Å². The van der Waals surface area contributed by atoms with E-state index in [-0.39, 0.29) is 5.41 Å². The van der Waals surface area contributed by atoms with Gasteiger partial charge in [0.05, 0.1) is 33.3 Å². The van der Waals surface area contributed by atoms with E-state index in [4.69, 9.17) is 9.97 Å². The lowest BCUT2D eigenvalue weighted by molar-refractivity contribution is 0.660. The Labute approximate surface area is 361 Å². The first-order valence-electron chi connectivity index (χ1n) is 21.3. The van der Waals surface area contributed by atoms with Crippen LogP contribution in [0.5, 0.6) is 0 Å². The summed E-state index contributed by atoms with van der Waals surface area (Å²) < 4.78 is 4.75. The SMILES string of the molecule is CC1(C)c2ccccc2-c2cc(-n3c4ccc(-c5ccc6c(c5)c5ccccc5n6-c5nc6c7c(cccc7n5)Sc5ccccc5-6)cc4c4ccc5ccccc5c43)ccc21. The van der Waals surface area contributed by atoms with Crippen molar-refractivity contribution in [1.29, 1.82) is 0 Å². The zero-order chi connectivity index (χ0) is 40.8. The molecule has 2 aliphatic rings. The maximum atomic E-state index is 5.38. The Kier molecular flexibility index (Phi) is 6.80. The molecule has 0 atom stereocenters. The smallest absolute Gasteiger partial charge is 0.235 e. The van der Waals surface area contributed by atoms with Crippen LogP contribution in [0.25, 0.3) is 110 Å². The molecular formula is C57H36N4S. The lowest BCUT2D eigenvalue weighted by Crippen LogP contribution is -2.14. The fraction of sp³-hybridized carbons (Fsp3) is 0.0526. The van der Waals surface area contributed by atoms with Crippen LogP contribution in [0.1, 0.15) is 25.0 Å². The Balaban J connectivity index is 0.967. The molecule has 3 aromatic heterocycles. The normalized spacial score (nSPS) is 13.7. The molecule has 0 fully saturated rings. The summed E-state index contributed by atoms with van der Waals surface area (Å²) in [5.41, 5.74) is 16.6. The number of hydrogen-bond donors (Lipinski definition) is 0. The van der Waals surface area contributed by atoms with Crippen molar-refractivity contribution < 1.29 is 0 Å². The second kappa shape index (κ2) is 12.3. The number of rotatable bonds is 3. The van der Waals surface area contributed by atoms with Crippen molar-refractivity contribution in [2.24, 2.45) is 0 Å². The number of fused-ring (bicyclic) bond motifs is 13. The van der Waals surface area contributed by atoms with Crippen LogP contribution >= 0.6 is 11.8 Å². The summed E-state index contributed by atoms with van der Waals surface area (Å²) in [6, 6.07) is 67.0. The van der Waals surface area contributed by atoms with Gasteiger partial charge in [-0.3, -0.25) is 4.57 Å². The van der Waals surface area contributed by atoms with Crippen LogP contribution < -0.4 is 0 Å². The Morgan fingerprint density at radius 2 is 1.13 bits per heavy atom. The van der Waals surface area contributed by atoms with Gasteiger partial charge in [-0.1, -0.05) is 147 Å². The minimum Gasteiger partial charge on any atom is -0.309 e. The first-order chi connectivity index (χ1) is 30.5. The molecule has 12 aromatic rings. The van der Waals surface area contributed by atoms with Crippen LogP contribution in [0.3, 0.4) is 0 Å². The quantitative estimate of drug-likeness (QED) is 0.178. The third-order valence-electron chi connectivity index (χ3n) is 13.7. The Bertz CT molecular complexity index is 3940. The zero-order valence-corrected chi connectivity index (χ0v) is 34.8. The topological polar surface area (TPSA) is 35.6 Å². The average molecular weight is 809 g/mol. The number of hydrogen-bond acceptors (Lipinski definition) is 3. The summed E-state index contributed by atoms with van der Waals surface area (Å²) in [5.74, 6) is 0.686. The number of nitrogens with zero attached hydrogens (tertiary/aromatic N) is 4. The Hall–Kier alpha value is -7.47. The van der Waals surface area contributed by atoms with E-state index in [9.17, 15) is 0 Å². The summed E-state index contributed by atoms with van der Waals surface area (Å²) in [6.45, 7) is 4.70. The second-order valence-corrected chi connectivity index (χ2v) is 18.4. The number of aromatic nitrogens is 4. The molecule has 1 aliphatic carbocycles. The van der Waals surface area contributed by atoms with E-state index in [2.05, 4.69) is 205 Å². The van der Waals surface area contributed by atoms with Gasteiger partial charge in [0.25, 0.3) is 0 Å². The van der Waals surface area contributed by atoms with Crippen molar-refractivity contribution in [2.75, 3.05) is 0 Å². The molecular weight excluding hydrogens is 773 g/mol. The van der Waals surface area contributed by atoms with E-state index >= 15 is 0 Å². The van der Waals surface area contributed by atoms with E-state index in [1.165, 1.54) is 92.2 Å². The van der Waals surface area contributed by atoms with Crippen LogP contribution in [-0.4, -0.2) is 19.1 Å². The van der Waals surface area contributed by atoms with E-state index < -0.39 is 0 Å². The standard InChI is InChI=1S/C57H36N4S/c1-57(2)45-17-8-5-14-38(45)42-32-36(25-27-46(42)57)60-49-28-23-35(31-44(49)40-26-22-33-12-3-4-13-37(33)55(40)60)34-24-29-50-43(30-34)39-15-6-9-19-48(39)61(50)56-58-47-18-11-21-52-53(47)54(59-56)41-16-7-10-20-51(41)62-52/h3-32H,1-2H3. The average Bonchev–Trinajstić information content (AvgIpc) is 3.91. The van der Waals surface area contributed by atoms with Gasteiger partial charge in [0.2, 0.25) is 5.95 Å².